The van der Waals surface area contributed by atoms with Crippen molar-refractivity contribution in [2.24, 2.45) is 0 Å². The Hall–Kier alpha value is -3.84. The number of para-hydroxylation sites is 1. The lowest BCUT2D eigenvalue weighted by Crippen LogP contribution is -2.14. The Kier molecular flexibility index (Phi) is 5.95. The van der Waals surface area contributed by atoms with Gasteiger partial charge in [0.1, 0.15) is 6.61 Å². The highest BCUT2D eigenvalue weighted by Gasteiger charge is 2.19. The molecule has 0 fully saturated rings. The smallest absolute Gasteiger partial charge is 0.255 e. The molecule has 7 heteroatoms. The Labute approximate surface area is 196 Å². The summed E-state index contributed by atoms with van der Waals surface area (Å²) in [6.45, 7) is 1.31. The molecular weight excluding hydrogens is 434 g/mol. The summed E-state index contributed by atoms with van der Waals surface area (Å²) in [6, 6.07) is 21.5. The van der Waals surface area contributed by atoms with Gasteiger partial charge in [0.05, 0.1) is 18.3 Å². The summed E-state index contributed by atoms with van der Waals surface area (Å²) in [7, 11) is 1.56. The number of aromatic nitrogens is 1. The SMILES string of the molecule is COc1cc(C(=O)Nc2ccc(N3CCc4ccccc43)cc2)ccc1OCc1cscn1. The number of benzene rings is 3. The third-order valence-corrected chi connectivity index (χ3v) is 6.24. The second-order valence-electron chi connectivity index (χ2n) is 7.67. The van der Waals surface area contributed by atoms with Crippen LogP contribution in [-0.2, 0) is 13.0 Å². The third-order valence-electron chi connectivity index (χ3n) is 5.61. The lowest BCUT2D eigenvalue weighted by Gasteiger charge is -2.20. The van der Waals surface area contributed by atoms with Crippen molar-refractivity contribution in [3.8, 4) is 11.5 Å². The minimum Gasteiger partial charge on any atom is -0.493 e. The summed E-state index contributed by atoms with van der Waals surface area (Å²) in [4.78, 5) is 19.3. The van der Waals surface area contributed by atoms with Crippen LogP contribution in [0.1, 0.15) is 21.6 Å². The summed E-state index contributed by atoms with van der Waals surface area (Å²) >= 11 is 1.52. The van der Waals surface area contributed by atoms with Crippen molar-refractivity contribution in [1.29, 1.82) is 0 Å². The van der Waals surface area contributed by atoms with Crippen LogP contribution in [0.4, 0.5) is 17.1 Å². The summed E-state index contributed by atoms with van der Waals surface area (Å²) in [6.07, 6.45) is 1.04. The van der Waals surface area contributed by atoms with Crippen molar-refractivity contribution in [2.75, 3.05) is 23.9 Å². The number of fused-ring (bicyclic) bond motifs is 1. The van der Waals surface area contributed by atoms with Crippen molar-refractivity contribution in [3.05, 3.63) is 94.4 Å². The van der Waals surface area contributed by atoms with Crippen molar-refractivity contribution in [2.45, 2.75) is 13.0 Å². The topological polar surface area (TPSA) is 63.7 Å². The van der Waals surface area contributed by atoms with E-state index < -0.39 is 0 Å². The first kappa shape index (κ1) is 21.0. The average Bonchev–Trinajstić information content (AvgIpc) is 3.53. The van der Waals surface area contributed by atoms with Gasteiger partial charge in [-0.15, -0.1) is 11.3 Å². The fourth-order valence-corrected chi connectivity index (χ4v) is 4.47. The summed E-state index contributed by atoms with van der Waals surface area (Å²) in [5.41, 5.74) is 7.57. The molecule has 0 saturated heterocycles. The number of methoxy groups -OCH3 is 1. The average molecular weight is 458 g/mol. The van der Waals surface area contributed by atoms with Crippen LogP contribution in [0.3, 0.4) is 0 Å². The van der Waals surface area contributed by atoms with Gasteiger partial charge in [-0.05, 0) is 60.5 Å². The summed E-state index contributed by atoms with van der Waals surface area (Å²) in [5, 5.41) is 4.89. The number of ether oxygens (including phenoxy) is 2. The maximum atomic E-state index is 12.8. The summed E-state index contributed by atoms with van der Waals surface area (Å²) < 4.78 is 11.2. The first-order valence-electron chi connectivity index (χ1n) is 10.7. The van der Waals surface area contributed by atoms with Crippen LogP contribution in [0.25, 0.3) is 0 Å². The van der Waals surface area contributed by atoms with Gasteiger partial charge in [-0.25, -0.2) is 4.98 Å². The van der Waals surface area contributed by atoms with E-state index in [4.69, 9.17) is 9.47 Å². The molecule has 6 nitrogen and oxygen atoms in total. The molecule has 1 N–H and O–H groups in total. The Balaban J connectivity index is 1.25. The number of nitrogens with zero attached hydrogens (tertiary/aromatic N) is 2. The Morgan fingerprint density at radius 1 is 1.09 bits per heavy atom. The van der Waals surface area contributed by atoms with Gasteiger partial charge >= 0.3 is 0 Å². The molecule has 0 radical (unpaired) electrons. The van der Waals surface area contributed by atoms with Gasteiger partial charge in [0.15, 0.2) is 11.5 Å². The normalized spacial score (nSPS) is 12.3. The zero-order chi connectivity index (χ0) is 22.6. The molecule has 166 valence electrons. The molecule has 0 aliphatic carbocycles. The van der Waals surface area contributed by atoms with Gasteiger partial charge in [-0.2, -0.15) is 0 Å². The highest BCUT2D eigenvalue weighted by atomic mass is 32.1. The Morgan fingerprint density at radius 2 is 1.94 bits per heavy atom. The van der Waals surface area contributed by atoms with E-state index in [2.05, 4.69) is 39.5 Å². The Morgan fingerprint density at radius 3 is 2.73 bits per heavy atom. The highest BCUT2D eigenvalue weighted by Crippen LogP contribution is 2.35. The van der Waals surface area contributed by atoms with Gasteiger partial charge < -0.3 is 19.7 Å². The van der Waals surface area contributed by atoms with Crippen LogP contribution in [0.5, 0.6) is 11.5 Å². The minimum atomic E-state index is -0.210. The molecule has 0 spiro atoms. The number of amides is 1. The highest BCUT2D eigenvalue weighted by molar-refractivity contribution is 7.07. The minimum absolute atomic E-state index is 0.210. The van der Waals surface area contributed by atoms with E-state index in [1.807, 2.05) is 29.6 Å². The van der Waals surface area contributed by atoms with Crippen molar-refractivity contribution in [3.63, 3.8) is 0 Å². The van der Waals surface area contributed by atoms with Crippen LogP contribution in [0.2, 0.25) is 0 Å². The van der Waals surface area contributed by atoms with E-state index in [0.717, 1.165) is 30.0 Å². The van der Waals surface area contributed by atoms with Crippen molar-refractivity contribution in [1.82, 2.24) is 4.98 Å². The molecular formula is C26H23N3O3S. The van der Waals surface area contributed by atoms with Crippen molar-refractivity contribution < 1.29 is 14.3 Å². The maximum absolute atomic E-state index is 12.8. The molecule has 1 amide bonds. The molecule has 33 heavy (non-hydrogen) atoms. The monoisotopic (exact) mass is 457 g/mol. The zero-order valence-corrected chi connectivity index (χ0v) is 19.0. The fourth-order valence-electron chi connectivity index (χ4n) is 3.92. The fraction of sp³-hybridized carbons (Fsp3) is 0.154. The predicted octanol–water partition coefficient (Wildman–Crippen LogP) is 5.68. The molecule has 1 aliphatic heterocycles. The number of carbonyl (C=O) groups excluding carboxylic acids is 1. The van der Waals surface area contributed by atoms with Crippen LogP contribution in [-0.4, -0.2) is 24.5 Å². The molecule has 4 aromatic rings. The van der Waals surface area contributed by atoms with Crippen LogP contribution < -0.4 is 19.7 Å². The standard InChI is InChI=1S/C26H23N3O3S/c1-31-25-14-19(6-11-24(25)32-15-21-16-33-17-27-21)26(30)28-20-7-9-22(10-8-20)29-13-12-18-4-2-3-5-23(18)29/h2-11,14,16-17H,12-13,15H2,1H3,(H,28,30). The van der Waals surface area contributed by atoms with E-state index in [-0.39, 0.29) is 5.91 Å². The first-order valence-corrected chi connectivity index (χ1v) is 11.6. The molecule has 0 unspecified atom stereocenters. The van der Waals surface area contributed by atoms with Gasteiger partial charge in [0, 0.05) is 34.6 Å². The lowest BCUT2D eigenvalue weighted by atomic mass is 10.1. The molecule has 0 bridgehead atoms. The second-order valence-corrected chi connectivity index (χ2v) is 8.38. The lowest BCUT2D eigenvalue weighted by molar-refractivity contribution is 0.102. The third kappa shape index (κ3) is 4.54. The number of thiazole rings is 1. The van der Waals surface area contributed by atoms with Crippen molar-refractivity contribution >= 4 is 34.3 Å². The second kappa shape index (κ2) is 9.34. The number of hydrogen-bond acceptors (Lipinski definition) is 6. The predicted molar refractivity (Wildman–Crippen MR) is 131 cm³/mol. The zero-order valence-electron chi connectivity index (χ0n) is 18.2. The van der Waals surface area contributed by atoms with Gasteiger partial charge in [0.2, 0.25) is 0 Å². The Bertz CT molecular complexity index is 1260. The number of nitrogens with one attached hydrogen (secondary N) is 1. The molecule has 3 aromatic carbocycles. The molecule has 1 aromatic heterocycles. The van der Waals surface area contributed by atoms with E-state index >= 15 is 0 Å². The number of carbonyl (C=O) groups is 1. The van der Waals surface area contributed by atoms with Crippen LogP contribution in [0.15, 0.2) is 77.6 Å². The van der Waals surface area contributed by atoms with Crippen LogP contribution >= 0.6 is 11.3 Å². The first-order chi connectivity index (χ1) is 16.2. The van der Waals surface area contributed by atoms with E-state index in [9.17, 15) is 4.79 Å². The summed E-state index contributed by atoms with van der Waals surface area (Å²) in [5.74, 6) is 0.858. The molecule has 5 rings (SSSR count). The molecule has 2 heterocycles. The molecule has 0 atom stereocenters. The molecule has 1 aliphatic rings. The van der Waals surface area contributed by atoms with E-state index in [1.165, 1.54) is 22.6 Å². The largest absolute Gasteiger partial charge is 0.493 e. The number of rotatable bonds is 7. The van der Waals surface area contributed by atoms with Crippen LogP contribution in [0, 0.1) is 0 Å². The number of anilines is 3. The van der Waals surface area contributed by atoms with E-state index in [0.29, 0.717) is 23.7 Å². The van der Waals surface area contributed by atoms with Gasteiger partial charge in [-0.1, -0.05) is 18.2 Å². The quantitative estimate of drug-likeness (QED) is 0.387. The molecule has 0 saturated carbocycles. The number of hydrogen-bond donors (Lipinski definition) is 1. The van der Waals surface area contributed by atoms with E-state index in [1.54, 1.807) is 30.8 Å². The van der Waals surface area contributed by atoms with Gasteiger partial charge in [-0.3, -0.25) is 4.79 Å². The van der Waals surface area contributed by atoms with Gasteiger partial charge in [0.25, 0.3) is 5.91 Å². The maximum Gasteiger partial charge on any atom is 0.255 e.